The maximum atomic E-state index is 4.56. The van der Waals surface area contributed by atoms with Gasteiger partial charge in [-0.15, -0.1) is 0 Å². The van der Waals surface area contributed by atoms with Crippen molar-refractivity contribution < 1.29 is 0 Å². The fourth-order valence-electron chi connectivity index (χ4n) is 3.20. The summed E-state index contributed by atoms with van der Waals surface area (Å²) in [5.74, 6) is 0. The molecule has 1 fully saturated rings. The molecule has 1 aromatic carbocycles. The number of rotatable bonds is 4. The van der Waals surface area contributed by atoms with Crippen LogP contribution in [0.3, 0.4) is 0 Å². The third-order valence-electron chi connectivity index (χ3n) is 4.56. The van der Waals surface area contributed by atoms with E-state index in [1.807, 2.05) is 12.3 Å². The summed E-state index contributed by atoms with van der Waals surface area (Å²) in [6.45, 7) is 6.90. The monoisotopic (exact) mass is 283 g/mol. The summed E-state index contributed by atoms with van der Waals surface area (Å²) >= 11 is 0. The van der Waals surface area contributed by atoms with E-state index in [2.05, 4.69) is 46.4 Å². The molecule has 2 aromatic rings. The van der Waals surface area contributed by atoms with Crippen molar-refractivity contribution in [2.24, 2.45) is 0 Å². The molecule has 1 aliphatic rings. The van der Waals surface area contributed by atoms with Gasteiger partial charge < -0.3 is 10.2 Å². The van der Waals surface area contributed by atoms with Gasteiger partial charge in [-0.2, -0.15) is 0 Å². The van der Waals surface area contributed by atoms with Crippen LogP contribution in [-0.2, 0) is 6.42 Å². The highest BCUT2D eigenvalue weighted by atomic mass is 15.2. The lowest BCUT2D eigenvalue weighted by atomic mass is 10.1. The summed E-state index contributed by atoms with van der Waals surface area (Å²) in [5.41, 5.74) is 2.54. The van der Waals surface area contributed by atoms with Gasteiger partial charge in [0.15, 0.2) is 0 Å². The predicted octanol–water partition coefficient (Wildman–Crippen LogP) is 2.85. The fourth-order valence-corrected chi connectivity index (χ4v) is 3.20. The van der Waals surface area contributed by atoms with Crippen LogP contribution >= 0.6 is 0 Å². The van der Waals surface area contributed by atoms with E-state index in [9.17, 15) is 0 Å². The minimum atomic E-state index is 0.703. The second kappa shape index (κ2) is 7.01. The summed E-state index contributed by atoms with van der Waals surface area (Å²) in [4.78, 5) is 7.15. The molecular weight excluding hydrogens is 258 g/mol. The largest absolute Gasteiger partial charge is 0.313 e. The van der Waals surface area contributed by atoms with Gasteiger partial charge in [0.25, 0.3) is 0 Å². The van der Waals surface area contributed by atoms with Crippen molar-refractivity contribution in [1.82, 2.24) is 15.2 Å². The Labute approximate surface area is 127 Å². The van der Waals surface area contributed by atoms with E-state index in [4.69, 9.17) is 0 Å². The van der Waals surface area contributed by atoms with Crippen molar-refractivity contribution in [2.75, 3.05) is 26.2 Å². The molecule has 3 rings (SSSR count). The molecule has 1 N–H and O–H groups in total. The van der Waals surface area contributed by atoms with Gasteiger partial charge in [-0.25, -0.2) is 0 Å². The molecule has 3 heteroatoms. The van der Waals surface area contributed by atoms with E-state index in [0.29, 0.717) is 6.04 Å². The van der Waals surface area contributed by atoms with Gasteiger partial charge in [0.2, 0.25) is 0 Å². The number of benzene rings is 1. The molecule has 112 valence electrons. The maximum absolute atomic E-state index is 4.56. The first kappa shape index (κ1) is 14.5. The standard InChI is InChI=1S/C18H25N3/c1-2-17-9-13-21(14-11-19-17)12-8-16-6-3-5-15-7-4-10-20-18(15)16/h3-7,10,17,19H,2,8-9,11-14H2,1H3. The summed E-state index contributed by atoms with van der Waals surface area (Å²) in [6.07, 6.45) is 5.49. The van der Waals surface area contributed by atoms with Crippen LogP contribution in [0.15, 0.2) is 36.5 Å². The molecule has 0 aliphatic carbocycles. The molecule has 3 nitrogen and oxygen atoms in total. The number of para-hydroxylation sites is 1. The molecule has 1 saturated heterocycles. The van der Waals surface area contributed by atoms with Crippen molar-refractivity contribution in [3.63, 3.8) is 0 Å². The van der Waals surface area contributed by atoms with Crippen LogP contribution in [0.1, 0.15) is 25.3 Å². The SMILES string of the molecule is CCC1CCN(CCc2cccc3cccnc23)CCN1. The highest BCUT2D eigenvalue weighted by molar-refractivity contribution is 5.81. The van der Waals surface area contributed by atoms with Crippen LogP contribution in [0, 0.1) is 0 Å². The summed E-state index contributed by atoms with van der Waals surface area (Å²) in [6, 6.07) is 11.4. The molecule has 1 aromatic heterocycles. The normalized spacial score (nSPS) is 20.5. The Morgan fingerprint density at radius 2 is 2.14 bits per heavy atom. The number of fused-ring (bicyclic) bond motifs is 1. The van der Waals surface area contributed by atoms with Crippen LogP contribution in [0.5, 0.6) is 0 Å². The number of pyridine rings is 1. The quantitative estimate of drug-likeness (QED) is 0.935. The van der Waals surface area contributed by atoms with E-state index in [1.54, 1.807) is 0 Å². The fraction of sp³-hybridized carbons (Fsp3) is 0.500. The first-order valence-electron chi connectivity index (χ1n) is 8.15. The molecular formula is C18H25N3. The van der Waals surface area contributed by atoms with E-state index < -0.39 is 0 Å². The second-order valence-electron chi connectivity index (χ2n) is 5.93. The second-order valence-corrected chi connectivity index (χ2v) is 5.93. The Morgan fingerprint density at radius 1 is 1.24 bits per heavy atom. The van der Waals surface area contributed by atoms with Crippen LogP contribution in [0.4, 0.5) is 0 Å². The van der Waals surface area contributed by atoms with Gasteiger partial charge in [-0.1, -0.05) is 31.2 Å². The van der Waals surface area contributed by atoms with Crippen LogP contribution in [0.2, 0.25) is 0 Å². The molecule has 2 heterocycles. The number of hydrogen-bond acceptors (Lipinski definition) is 3. The summed E-state index contributed by atoms with van der Waals surface area (Å²) in [7, 11) is 0. The van der Waals surface area contributed by atoms with Gasteiger partial charge in [-0.05, 0) is 37.4 Å². The Balaban J connectivity index is 1.64. The van der Waals surface area contributed by atoms with Crippen molar-refractivity contribution in [3.05, 3.63) is 42.1 Å². The lowest BCUT2D eigenvalue weighted by molar-refractivity contribution is 0.294. The molecule has 0 saturated carbocycles. The highest BCUT2D eigenvalue weighted by Crippen LogP contribution is 2.17. The Kier molecular flexibility index (Phi) is 4.84. The smallest absolute Gasteiger partial charge is 0.0734 e. The first-order chi connectivity index (χ1) is 10.4. The van der Waals surface area contributed by atoms with Crippen LogP contribution in [-0.4, -0.2) is 42.1 Å². The van der Waals surface area contributed by atoms with E-state index in [1.165, 1.54) is 35.9 Å². The van der Waals surface area contributed by atoms with E-state index in [0.717, 1.165) is 26.1 Å². The minimum Gasteiger partial charge on any atom is -0.313 e. The van der Waals surface area contributed by atoms with Crippen LogP contribution in [0.25, 0.3) is 10.9 Å². The summed E-state index contributed by atoms with van der Waals surface area (Å²) in [5, 5.41) is 4.88. The molecule has 21 heavy (non-hydrogen) atoms. The zero-order chi connectivity index (χ0) is 14.5. The van der Waals surface area contributed by atoms with Crippen molar-refractivity contribution in [1.29, 1.82) is 0 Å². The third-order valence-corrected chi connectivity index (χ3v) is 4.56. The zero-order valence-electron chi connectivity index (χ0n) is 12.9. The topological polar surface area (TPSA) is 28.2 Å². The van der Waals surface area contributed by atoms with Gasteiger partial charge >= 0.3 is 0 Å². The predicted molar refractivity (Wildman–Crippen MR) is 88.6 cm³/mol. The number of nitrogens with one attached hydrogen (secondary N) is 1. The Bertz CT molecular complexity index is 576. The minimum absolute atomic E-state index is 0.703. The molecule has 1 aliphatic heterocycles. The van der Waals surface area contributed by atoms with E-state index in [-0.39, 0.29) is 0 Å². The van der Waals surface area contributed by atoms with Crippen LogP contribution < -0.4 is 5.32 Å². The maximum Gasteiger partial charge on any atom is 0.0734 e. The number of hydrogen-bond donors (Lipinski definition) is 1. The van der Waals surface area contributed by atoms with Crippen molar-refractivity contribution in [3.8, 4) is 0 Å². The number of aromatic nitrogens is 1. The molecule has 0 radical (unpaired) electrons. The summed E-state index contributed by atoms with van der Waals surface area (Å²) < 4.78 is 0. The first-order valence-corrected chi connectivity index (χ1v) is 8.15. The molecule has 0 amide bonds. The molecule has 0 bridgehead atoms. The molecule has 1 unspecified atom stereocenters. The lowest BCUT2D eigenvalue weighted by Crippen LogP contribution is -2.31. The van der Waals surface area contributed by atoms with Gasteiger partial charge in [-0.3, -0.25) is 4.98 Å². The van der Waals surface area contributed by atoms with Crippen molar-refractivity contribution in [2.45, 2.75) is 32.2 Å². The van der Waals surface area contributed by atoms with E-state index >= 15 is 0 Å². The zero-order valence-corrected chi connectivity index (χ0v) is 12.9. The third kappa shape index (κ3) is 3.60. The highest BCUT2D eigenvalue weighted by Gasteiger charge is 2.14. The van der Waals surface area contributed by atoms with Gasteiger partial charge in [0.1, 0.15) is 0 Å². The Hall–Kier alpha value is -1.45. The average Bonchev–Trinajstić information content (AvgIpc) is 2.78. The van der Waals surface area contributed by atoms with Gasteiger partial charge in [0, 0.05) is 37.3 Å². The average molecular weight is 283 g/mol. The molecule has 1 atom stereocenters. The number of nitrogens with zero attached hydrogens (tertiary/aromatic N) is 2. The van der Waals surface area contributed by atoms with Crippen molar-refractivity contribution >= 4 is 10.9 Å². The molecule has 0 spiro atoms. The Morgan fingerprint density at radius 3 is 3.05 bits per heavy atom. The lowest BCUT2D eigenvalue weighted by Gasteiger charge is -2.19. The van der Waals surface area contributed by atoms with Gasteiger partial charge in [0.05, 0.1) is 5.52 Å².